The molecule has 1 aromatic heterocycles. The summed E-state index contributed by atoms with van der Waals surface area (Å²) in [6.45, 7) is 15.7. The number of carbonyl (C=O) groups is 1. The van der Waals surface area contributed by atoms with Gasteiger partial charge in [0.25, 0.3) is 0 Å². The van der Waals surface area contributed by atoms with Gasteiger partial charge in [0.1, 0.15) is 17.2 Å². The van der Waals surface area contributed by atoms with Crippen LogP contribution in [0.1, 0.15) is 40.2 Å². The van der Waals surface area contributed by atoms with Crippen LogP contribution in [0.15, 0.2) is 66.9 Å². The molecule has 0 radical (unpaired) electrons. The van der Waals surface area contributed by atoms with Crippen LogP contribution in [-0.4, -0.2) is 38.9 Å². The number of nitrogens with zero attached hydrogens (tertiary/aromatic N) is 1. The summed E-state index contributed by atoms with van der Waals surface area (Å²) in [5.74, 6) is 0.242. The normalized spacial score (nSPS) is 12.5. The van der Waals surface area contributed by atoms with E-state index in [1.807, 2.05) is 32.0 Å². The van der Waals surface area contributed by atoms with E-state index in [-0.39, 0.29) is 22.3 Å². The number of para-hydroxylation sites is 1. The molecule has 0 aliphatic carbocycles. The lowest BCUT2D eigenvalue weighted by Crippen LogP contribution is -2.41. The molecular formula is C30H38F3N3O5Si. The van der Waals surface area contributed by atoms with E-state index in [0.717, 1.165) is 17.7 Å². The lowest BCUT2D eigenvalue weighted by molar-refractivity contribution is -0.274. The smallest absolute Gasteiger partial charge is 0.437 e. The summed E-state index contributed by atoms with van der Waals surface area (Å²) in [4.78, 5) is 16.9. The first-order valence-electron chi connectivity index (χ1n) is 13.4. The van der Waals surface area contributed by atoms with E-state index in [1.165, 1.54) is 18.3 Å². The van der Waals surface area contributed by atoms with Crippen LogP contribution in [0.4, 0.5) is 29.3 Å². The van der Waals surface area contributed by atoms with Crippen molar-refractivity contribution in [3.8, 4) is 17.4 Å². The Labute approximate surface area is 245 Å². The summed E-state index contributed by atoms with van der Waals surface area (Å²) in [6, 6.07) is 14.8. The molecule has 8 nitrogen and oxygen atoms in total. The van der Waals surface area contributed by atoms with Gasteiger partial charge >= 0.3 is 12.4 Å². The van der Waals surface area contributed by atoms with Crippen LogP contribution in [0, 0.1) is 0 Å². The SMILES string of the molecule is CC(C)(OCCO[Si](C)(C)C(C)(C)C)c1ccccc1Oc1ncccc1NC(=O)Nc1ccc(OC(F)(F)F)cc1. The average Bonchev–Trinajstić information content (AvgIpc) is 2.88. The molecule has 2 aromatic carbocycles. The number of pyridine rings is 1. The van der Waals surface area contributed by atoms with Crippen molar-refractivity contribution in [2.24, 2.45) is 0 Å². The number of ether oxygens (including phenoxy) is 3. The number of halogens is 3. The van der Waals surface area contributed by atoms with Crippen LogP contribution < -0.4 is 20.1 Å². The maximum absolute atomic E-state index is 12.7. The Morgan fingerprint density at radius 1 is 0.881 bits per heavy atom. The summed E-state index contributed by atoms with van der Waals surface area (Å²) >= 11 is 0. The van der Waals surface area contributed by atoms with E-state index in [4.69, 9.17) is 13.9 Å². The lowest BCUT2D eigenvalue weighted by atomic mass is 9.97. The Bertz CT molecular complexity index is 1340. The van der Waals surface area contributed by atoms with Crippen LogP contribution in [-0.2, 0) is 14.8 Å². The molecule has 3 aromatic rings. The van der Waals surface area contributed by atoms with Gasteiger partial charge in [-0.1, -0.05) is 39.0 Å². The van der Waals surface area contributed by atoms with Gasteiger partial charge in [0.2, 0.25) is 5.88 Å². The molecular weight excluding hydrogens is 567 g/mol. The molecule has 0 bridgehead atoms. The van der Waals surface area contributed by atoms with Crippen LogP contribution in [0.2, 0.25) is 18.1 Å². The minimum Gasteiger partial charge on any atom is -0.437 e. The number of aromatic nitrogens is 1. The van der Waals surface area contributed by atoms with E-state index in [0.29, 0.717) is 19.0 Å². The highest BCUT2D eigenvalue weighted by Crippen LogP contribution is 2.38. The van der Waals surface area contributed by atoms with Crippen molar-refractivity contribution < 1.29 is 36.6 Å². The van der Waals surface area contributed by atoms with Crippen LogP contribution in [0.25, 0.3) is 0 Å². The number of anilines is 2. The lowest BCUT2D eigenvalue weighted by Gasteiger charge is -2.36. The van der Waals surface area contributed by atoms with Crippen molar-refractivity contribution in [1.29, 1.82) is 0 Å². The first-order valence-corrected chi connectivity index (χ1v) is 16.3. The summed E-state index contributed by atoms with van der Waals surface area (Å²) in [6.07, 6.45) is -3.28. The van der Waals surface area contributed by atoms with Crippen molar-refractivity contribution in [2.75, 3.05) is 23.8 Å². The zero-order valence-corrected chi connectivity index (χ0v) is 25.9. The van der Waals surface area contributed by atoms with Gasteiger partial charge in [-0.15, -0.1) is 13.2 Å². The Hall–Kier alpha value is -3.61. The molecule has 0 aliphatic rings. The molecule has 42 heavy (non-hydrogen) atoms. The molecule has 0 aliphatic heterocycles. The highest BCUT2D eigenvalue weighted by atomic mass is 28.4. The number of hydrogen-bond donors (Lipinski definition) is 2. The van der Waals surface area contributed by atoms with Crippen molar-refractivity contribution in [3.05, 3.63) is 72.4 Å². The standard InChI is InChI=1S/C30H38F3N3O5Si/c1-28(2,3)42(6,7)39-20-19-38-29(4,5)23-11-8-9-13-25(23)40-26-24(12-10-18-34-26)36-27(37)35-21-14-16-22(17-15-21)41-30(31,32)33/h8-18H,19-20H2,1-7H3,(H2,35,36,37). The highest BCUT2D eigenvalue weighted by molar-refractivity contribution is 6.74. The monoisotopic (exact) mass is 605 g/mol. The molecule has 0 saturated carbocycles. The number of alkyl halides is 3. The molecule has 3 rings (SSSR count). The zero-order valence-electron chi connectivity index (χ0n) is 24.9. The van der Waals surface area contributed by atoms with Gasteiger partial charge in [0.05, 0.1) is 18.8 Å². The van der Waals surface area contributed by atoms with Gasteiger partial charge < -0.3 is 29.3 Å². The van der Waals surface area contributed by atoms with E-state index in [9.17, 15) is 18.0 Å². The Morgan fingerprint density at radius 2 is 1.55 bits per heavy atom. The van der Waals surface area contributed by atoms with Gasteiger partial charge in [-0.05, 0) is 74.4 Å². The Morgan fingerprint density at radius 3 is 2.19 bits per heavy atom. The number of urea groups is 1. The van der Waals surface area contributed by atoms with Crippen molar-refractivity contribution >= 4 is 25.7 Å². The second-order valence-electron chi connectivity index (χ2n) is 11.6. The second-order valence-corrected chi connectivity index (χ2v) is 16.4. The third-order valence-corrected chi connectivity index (χ3v) is 11.5. The van der Waals surface area contributed by atoms with E-state index < -0.39 is 32.1 Å². The first kappa shape index (κ1) is 32.9. The van der Waals surface area contributed by atoms with E-state index >= 15 is 0 Å². The highest BCUT2D eigenvalue weighted by Gasteiger charge is 2.37. The van der Waals surface area contributed by atoms with Gasteiger partial charge in [-0.3, -0.25) is 0 Å². The second kappa shape index (κ2) is 13.1. The van der Waals surface area contributed by atoms with E-state index in [1.54, 1.807) is 18.2 Å². The van der Waals surface area contributed by atoms with Crippen LogP contribution in [0.5, 0.6) is 17.4 Å². The third-order valence-electron chi connectivity index (χ3n) is 6.92. The average molecular weight is 606 g/mol. The minimum atomic E-state index is -4.80. The molecule has 1 heterocycles. The summed E-state index contributed by atoms with van der Waals surface area (Å²) in [5, 5.41) is 5.32. The molecule has 0 fully saturated rings. The predicted molar refractivity (Wildman–Crippen MR) is 159 cm³/mol. The van der Waals surface area contributed by atoms with Gasteiger partial charge in [-0.2, -0.15) is 0 Å². The van der Waals surface area contributed by atoms with Crippen LogP contribution >= 0.6 is 0 Å². The number of amides is 2. The molecule has 2 amide bonds. The number of nitrogens with one attached hydrogen (secondary N) is 2. The van der Waals surface area contributed by atoms with Crippen molar-refractivity contribution in [2.45, 2.75) is 64.7 Å². The third kappa shape index (κ3) is 9.46. The van der Waals surface area contributed by atoms with Gasteiger partial charge in [-0.25, -0.2) is 9.78 Å². The topological polar surface area (TPSA) is 90.9 Å². The molecule has 2 N–H and O–H groups in total. The summed E-state index contributed by atoms with van der Waals surface area (Å²) in [7, 11) is -1.90. The van der Waals surface area contributed by atoms with E-state index in [2.05, 4.69) is 54.2 Å². The molecule has 0 unspecified atom stereocenters. The first-order chi connectivity index (χ1) is 19.5. The molecule has 12 heteroatoms. The fourth-order valence-electron chi connectivity index (χ4n) is 3.64. The zero-order chi connectivity index (χ0) is 31.2. The van der Waals surface area contributed by atoms with Crippen molar-refractivity contribution in [3.63, 3.8) is 0 Å². The Kier molecular flexibility index (Phi) is 10.3. The number of rotatable bonds is 11. The maximum atomic E-state index is 12.7. The number of benzene rings is 2. The van der Waals surface area contributed by atoms with Crippen molar-refractivity contribution in [1.82, 2.24) is 4.98 Å². The number of carbonyl (C=O) groups excluding carboxylic acids is 1. The van der Waals surface area contributed by atoms with Crippen LogP contribution in [0.3, 0.4) is 0 Å². The summed E-state index contributed by atoms with van der Waals surface area (Å²) < 4.78 is 59.7. The summed E-state index contributed by atoms with van der Waals surface area (Å²) in [5.41, 5.74) is 0.591. The largest absolute Gasteiger partial charge is 0.573 e. The molecule has 0 spiro atoms. The quantitative estimate of drug-likeness (QED) is 0.168. The number of hydrogen-bond acceptors (Lipinski definition) is 6. The minimum absolute atomic E-state index is 0.102. The molecule has 0 saturated heterocycles. The fraction of sp³-hybridized carbons (Fsp3) is 0.400. The fourth-order valence-corrected chi connectivity index (χ4v) is 4.66. The van der Waals surface area contributed by atoms with Gasteiger partial charge in [0.15, 0.2) is 8.32 Å². The molecule has 228 valence electrons. The molecule has 0 atom stereocenters. The maximum Gasteiger partial charge on any atom is 0.573 e. The predicted octanol–water partition coefficient (Wildman–Crippen LogP) is 8.69. The Balaban J connectivity index is 1.67. The van der Waals surface area contributed by atoms with Gasteiger partial charge in [0, 0.05) is 17.4 Å².